The molecule has 6 aliphatic rings. The molecule has 77 heavy (non-hydrogen) atoms. The van der Waals surface area contributed by atoms with Gasteiger partial charge in [-0.3, -0.25) is 0 Å². The van der Waals surface area contributed by atoms with Gasteiger partial charge in [-0.05, 0) is 135 Å². The maximum absolute atomic E-state index is 2.90. The van der Waals surface area contributed by atoms with Gasteiger partial charge < -0.3 is 14.7 Å². The van der Waals surface area contributed by atoms with Crippen molar-refractivity contribution in [2.45, 2.75) is 70.4 Å². The molecule has 4 heterocycles. The van der Waals surface area contributed by atoms with Gasteiger partial charge in [-0.25, -0.2) is 0 Å². The molecule has 3 nitrogen and oxygen atoms in total. The van der Waals surface area contributed by atoms with Crippen molar-refractivity contribution in [2.75, 3.05) is 14.7 Å². The molecule has 2 saturated carbocycles. The number of hydrogen-bond acceptors (Lipinski definition) is 3. The van der Waals surface area contributed by atoms with Gasteiger partial charge in [-0.2, -0.15) is 0 Å². The third kappa shape index (κ3) is 7.62. The molecule has 0 spiro atoms. The van der Waals surface area contributed by atoms with Crippen molar-refractivity contribution in [3.63, 3.8) is 0 Å². The molecule has 4 bridgehead atoms. The van der Waals surface area contributed by atoms with Crippen LogP contribution in [0.5, 0.6) is 0 Å². The molecule has 0 aromatic heterocycles. The van der Waals surface area contributed by atoms with Gasteiger partial charge in [-0.15, -0.1) is 0 Å². The SMILES string of the molecule is CC(C)(C)c1cc2c3c(c1)N(c1c(-c4ccccc4)cccc1-c1ccccc1)c1cc(N4C5CC6CC(C5)CC4C6)ccc1B3c1cc(-c3ccccc3)ccc1N2c1c(-c2ccccc2)cccc1-c1ccccc1. The van der Waals surface area contributed by atoms with Crippen LogP contribution >= 0.6 is 0 Å². The quantitative estimate of drug-likeness (QED) is 0.141. The fourth-order valence-electron chi connectivity index (χ4n) is 14.8. The summed E-state index contributed by atoms with van der Waals surface area (Å²) >= 11 is 0. The lowest BCUT2D eigenvalue weighted by molar-refractivity contribution is 0.0900. The minimum atomic E-state index is -0.202. The Morgan fingerprint density at radius 3 is 1.22 bits per heavy atom. The first-order valence-electron chi connectivity index (χ1n) is 28.2. The molecule has 0 amide bonds. The minimum absolute atomic E-state index is 0.0779. The van der Waals surface area contributed by atoms with Crippen LogP contribution in [0.1, 0.15) is 58.4 Å². The predicted molar refractivity (Wildman–Crippen MR) is 326 cm³/mol. The number of rotatable bonds is 8. The second-order valence-electron chi connectivity index (χ2n) is 23.7. The van der Waals surface area contributed by atoms with Crippen LogP contribution in [-0.4, -0.2) is 18.8 Å². The molecule has 2 saturated heterocycles. The van der Waals surface area contributed by atoms with Gasteiger partial charge in [0, 0.05) is 62.8 Å². The molecule has 0 radical (unpaired) electrons. The van der Waals surface area contributed by atoms with E-state index in [2.05, 4.69) is 272 Å². The summed E-state index contributed by atoms with van der Waals surface area (Å²) in [6, 6.07) is 90.7. The second kappa shape index (κ2) is 18.2. The zero-order chi connectivity index (χ0) is 51.4. The van der Waals surface area contributed by atoms with Crippen molar-refractivity contribution in [3.8, 4) is 55.6 Å². The van der Waals surface area contributed by atoms with Crippen LogP contribution in [-0.2, 0) is 5.41 Å². The van der Waals surface area contributed by atoms with E-state index in [1.165, 1.54) is 150 Å². The summed E-state index contributed by atoms with van der Waals surface area (Å²) in [6.07, 6.45) is 6.68. The first kappa shape index (κ1) is 46.0. The van der Waals surface area contributed by atoms with Crippen LogP contribution in [0.4, 0.5) is 39.8 Å². The molecule has 4 aliphatic heterocycles. The largest absolute Gasteiger partial charge is 0.365 e. The number of hydrogen-bond donors (Lipinski definition) is 0. The summed E-state index contributed by atoms with van der Waals surface area (Å²) in [5, 5.41) is 0. The van der Waals surface area contributed by atoms with Crippen molar-refractivity contribution in [1.82, 2.24) is 0 Å². The minimum Gasteiger partial charge on any atom is -0.365 e. The van der Waals surface area contributed by atoms with Crippen LogP contribution < -0.4 is 31.1 Å². The Hall–Kier alpha value is -8.34. The van der Waals surface area contributed by atoms with Crippen molar-refractivity contribution < 1.29 is 0 Å². The van der Waals surface area contributed by atoms with E-state index in [-0.39, 0.29) is 12.1 Å². The summed E-state index contributed by atoms with van der Waals surface area (Å²) in [6.45, 7) is 7.11. The zero-order valence-corrected chi connectivity index (χ0v) is 44.3. The Kier molecular flexibility index (Phi) is 10.9. The van der Waals surface area contributed by atoms with E-state index >= 15 is 0 Å². The lowest BCUT2D eigenvalue weighted by atomic mass is 9.33. The molecule has 0 N–H and O–H groups in total. The molecule has 4 heteroatoms. The highest BCUT2D eigenvalue weighted by Gasteiger charge is 2.49. The molecule has 372 valence electrons. The van der Waals surface area contributed by atoms with Gasteiger partial charge in [0.25, 0.3) is 6.71 Å². The number of fused-ring (bicyclic) bond motifs is 4. The summed E-state index contributed by atoms with van der Waals surface area (Å²) < 4.78 is 0. The van der Waals surface area contributed by atoms with Gasteiger partial charge in [0.1, 0.15) is 0 Å². The summed E-state index contributed by atoms with van der Waals surface area (Å²) in [7, 11) is 0. The number of anilines is 7. The van der Waals surface area contributed by atoms with Gasteiger partial charge in [0.2, 0.25) is 0 Å². The molecule has 16 rings (SSSR count). The van der Waals surface area contributed by atoms with Crippen LogP contribution in [0.25, 0.3) is 55.6 Å². The Morgan fingerprint density at radius 1 is 0.351 bits per heavy atom. The normalized spacial score (nSPS) is 18.7. The van der Waals surface area contributed by atoms with Gasteiger partial charge in [0.05, 0.1) is 11.4 Å². The average molecular weight is 992 g/mol. The fraction of sp³-hybridized carbons (Fsp3) is 0.178. The van der Waals surface area contributed by atoms with Crippen molar-refractivity contribution in [1.29, 1.82) is 0 Å². The smallest absolute Gasteiger partial charge is 0.252 e. The molecule has 0 unspecified atom stereocenters. The molecule has 0 atom stereocenters. The lowest BCUT2D eigenvalue weighted by Crippen LogP contribution is -2.62. The molecule has 2 aliphatic carbocycles. The van der Waals surface area contributed by atoms with E-state index in [9.17, 15) is 0 Å². The fourth-order valence-corrected chi connectivity index (χ4v) is 14.8. The molecule has 10 aromatic rings. The summed E-state index contributed by atoms with van der Waals surface area (Å²) in [4.78, 5) is 8.32. The Labute approximate surface area is 455 Å². The number of benzene rings is 10. The zero-order valence-electron chi connectivity index (χ0n) is 44.3. The molecule has 4 fully saturated rings. The van der Waals surface area contributed by atoms with Gasteiger partial charge in [0.15, 0.2) is 0 Å². The van der Waals surface area contributed by atoms with E-state index in [1.807, 2.05) is 0 Å². The van der Waals surface area contributed by atoms with Crippen LogP contribution in [0.3, 0.4) is 0 Å². The molecular formula is C73H62BN3. The third-order valence-electron chi connectivity index (χ3n) is 18.1. The van der Waals surface area contributed by atoms with E-state index in [0.29, 0.717) is 12.1 Å². The molecule has 10 aromatic carbocycles. The number of nitrogens with zero attached hydrogens (tertiary/aromatic N) is 3. The van der Waals surface area contributed by atoms with Crippen molar-refractivity contribution in [2.24, 2.45) is 11.8 Å². The molecular weight excluding hydrogens is 930 g/mol. The van der Waals surface area contributed by atoms with E-state index < -0.39 is 0 Å². The second-order valence-corrected chi connectivity index (χ2v) is 23.7. The highest BCUT2D eigenvalue weighted by molar-refractivity contribution is 7.00. The summed E-state index contributed by atoms with van der Waals surface area (Å²) in [5.41, 5.74) is 25.8. The van der Waals surface area contributed by atoms with E-state index in [0.717, 1.165) is 11.8 Å². The van der Waals surface area contributed by atoms with Gasteiger partial charge >= 0.3 is 0 Å². The van der Waals surface area contributed by atoms with Crippen LogP contribution in [0, 0.1) is 11.8 Å². The van der Waals surface area contributed by atoms with Crippen LogP contribution in [0.15, 0.2) is 237 Å². The van der Waals surface area contributed by atoms with E-state index in [1.54, 1.807) is 0 Å². The highest BCUT2D eigenvalue weighted by atomic mass is 15.2. The predicted octanol–water partition coefficient (Wildman–Crippen LogP) is 17.2. The topological polar surface area (TPSA) is 9.72 Å². The Morgan fingerprint density at radius 2 is 0.779 bits per heavy atom. The van der Waals surface area contributed by atoms with Crippen molar-refractivity contribution >= 4 is 62.9 Å². The Bertz CT molecular complexity index is 3720. The highest BCUT2D eigenvalue weighted by Crippen LogP contribution is 2.56. The summed E-state index contributed by atoms with van der Waals surface area (Å²) in [5.74, 6) is 1.73. The van der Waals surface area contributed by atoms with Gasteiger partial charge in [-0.1, -0.05) is 227 Å². The maximum atomic E-state index is 2.90. The van der Waals surface area contributed by atoms with E-state index in [4.69, 9.17) is 0 Å². The lowest BCUT2D eigenvalue weighted by Gasteiger charge is -2.57. The maximum Gasteiger partial charge on any atom is 0.252 e. The van der Waals surface area contributed by atoms with Crippen LogP contribution in [0.2, 0.25) is 0 Å². The Balaban J connectivity index is 1.09. The van der Waals surface area contributed by atoms with Crippen molar-refractivity contribution in [3.05, 3.63) is 242 Å². The standard InChI is InChI=1S/C73H62BN3/c1-73(2,3)56-45-68-70-69(46-56)77(72-62(53-27-15-7-16-28-53)33-20-34-63(72)54-29-17-8-18-30-54)67-47-57(75-58-40-48-39-49(42-58)43-59(75)41-48)36-37-64(67)74(70)65-44-55(50-21-9-4-10-22-50)35-38-66(65)76(68)71-60(51-23-11-5-12-24-51)31-19-32-61(71)52-25-13-6-14-26-52/h4-38,44-49,58-59H,39-43H2,1-3H3. The monoisotopic (exact) mass is 992 g/mol. The number of para-hydroxylation sites is 2. The first-order valence-corrected chi connectivity index (χ1v) is 28.2. The first-order chi connectivity index (χ1) is 37.8. The number of piperidine rings is 2. The third-order valence-corrected chi connectivity index (χ3v) is 18.1. The average Bonchev–Trinajstić information content (AvgIpc) is 3.66.